The predicted molar refractivity (Wildman–Crippen MR) is 206 cm³/mol. The van der Waals surface area contributed by atoms with Crippen LogP contribution in [0.2, 0.25) is 0 Å². The predicted octanol–water partition coefficient (Wildman–Crippen LogP) is 7.48. The monoisotopic (exact) mass is 773 g/mol. The molecule has 4 aromatic rings. The topological polar surface area (TPSA) is 115 Å². The Morgan fingerprint density at radius 1 is 1.05 bits per heavy atom. The smallest absolute Gasteiger partial charge is 0.406 e. The Morgan fingerprint density at radius 3 is 2.61 bits per heavy atom. The van der Waals surface area contributed by atoms with Gasteiger partial charge in [0.25, 0.3) is 5.91 Å². The normalized spacial score (nSPS) is 21.9. The molecule has 3 atom stereocenters. The SMILES string of the molecule is CC(C)CC(=O)N[C@H]1Cc2cccc(c2)-c2ccc3c(c2)c(c(-c2cccnc2[C@@H]2CCCO2)n3CC(F)(F)F)CC(C)(C)COC(=O)[C@@H]2CCCN(N2)C1=O. The zero-order valence-corrected chi connectivity index (χ0v) is 32.4. The number of amides is 2. The lowest BCUT2D eigenvalue weighted by Gasteiger charge is -2.35. The van der Waals surface area contributed by atoms with E-state index in [0.717, 1.165) is 23.1 Å². The van der Waals surface area contributed by atoms with E-state index in [1.165, 1.54) is 9.58 Å². The fraction of sp³-hybridized carbons (Fsp3) is 0.488. The van der Waals surface area contributed by atoms with E-state index in [1.807, 2.05) is 70.2 Å². The fourth-order valence-corrected chi connectivity index (χ4v) is 8.24. The highest BCUT2D eigenvalue weighted by atomic mass is 19.4. The number of aromatic nitrogens is 2. The minimum Gasteiger partial charge on any atom is -0.464 e. The second kappa shape index (κ2) is 16.0. The molecule has 5 heterocycles. The van der Waals surface area contributed by atoms with Crippen molar-refractivity contribution in [2.75, 3.05) is 19.8 Å². The van der Waals surface area contributed by atoms with Gasteiger partial charge in [0.1, 0.15) is 24.7 Å². The number of fused-ring (bicyclic) bond motifs is 6. The summed E-state index contributed by atoms with van der Waals surface area (Å²) >= 11 is 0. The molecule has 3 aliphatic rings. The summed E-state index contributed by atoms with van der Waals surface area (Å²) in [7, 11) is 0. The molecule has 10 nitrogen and oxygen atoms in total. The van der Waals surface area contributed by atoms with Crippen LogP contribution in [-0.2, 0) is 43.2 Å². The number of rotatable bonds is 6. The van der Waals surface area contributed by atoms with Crippen molar-refractivity contribution in [3.8, 4) is 22.4 Å². The number of esters is 1. The summed E-state index contributed by atoms with van der Waals surface area (Å²) in [5.74, 6) is -1.05. The molecule has 3 aliphatic heterocycles. The Balaban J connectivity index is 1.41. The van der Waals surface area contributed by atoms with Gasteiger partial charge in [-0.15, -0.1) is 0 Å². The average molecular weight is 774 g/mol. The highest BCUT2D eigenvalue weighted by Gasteiger charge is 2.37. The van der Waals surface area contributed by atoms with Gasteiger partial charge in [0, 0.05) is 54.1 Å². The number of hydrogen-bond acceptors (Lipinski definition) is 7. The first-order chi connectivity index (χ1) is 26.7. The quantitative estimate of drug-likeness (QED) is 0.196. The van der Waals surface area contributed by atoms with Crippen LogP contribution < -0.4 is 10.7 Å². The molecule has 56 heavy (non-hydrogen) atoms. The van der Waals surface area contributed by atoms with Gasteiger partial charge < -0.3 is 19.4 Å². The molecule has 2 aromatic carbocycles. The maximum absolute atomic E-state index is 14.6. The zero-order valence-electron chi connectivity index (χ0n) is 32.4. The van der Waals surface area contributed by atoms with Crippen molar-refractivity contribution in [2.45, 2.75) is 104 Å². The molecule has 2 N–H and O–H groups in total. The first kappa shape index (κ1) is 39.5. The van der Waals surface area contributed by atoms with Crippen molar-refractivity contribution < 1.29 is 37.0 Å². The van der Waals surface area contributed by atoms with Gasteiger partial charge >= 0.3 is 12.1 Å². The molecule has 0 unspecified atom stereocenters. The van der Waals surface area contributed by atoms with Crippen LogP contribution in [0.1, 0.15) is 82.7 Å². The lowest BCUT2D eigenvalue weighted by molar-refractivity contribution is -0.155. The van der Waals surface area contributed by atoms with Gasteiger partial charge in [0.15, 0.2) is 0 Å². The molecule has 0 aliphatic carbocycles. The number of alkyl halides is 3. The van der Waals surface area contributed by atoms with Crippen molar-refractivity contribution in [3.05, 3.63) is 77.6 Å². The summed E-state index contributed by atoms with van der Waals surface area (Å²) < 4.78 is 57.1. The number of ether oxygens (including phenoxy) is 2. The van der Waals surface area contributed by atoms with Gasteiger partial charge in [0.05, 0.1) is 18.0 Å². The van der Waals surface area contributed by atoms with Gasteiger partial charge in [-0.25, -0.2) is 5.43 Å². The number of nitrogens with zero attached hydrogens (tertiary/aromatic N) is 3. The fourth-order valence-electron chi connectivity index (χ4n) is 8.24. The molecular weight excluding hydrogens is 723 g/mol. The van der Waals surface area contributed by atoms with Crippen molar-refractivity contribution >= 4 is 28.7 Å². The van der Waals surface area contributed by atoms with E-state index in [0.29, 0.717) is 65.8 Å². The number of halogens is 3. The second-order valence-corrected chi connectivity index (χ2v) is 16.6. The summed E-state index contributed by atoms with van der Waals surface area (Å²) in [6, 6.07) is 15.0. The third-order valence-electron chi connectivity index (χ3n) is 10.8. The molecule has 0 radical (unpaired) electrons. The van der Waals surface area contributed by atoms with Crippen LogP contribution in [-0.4, -0.2) is 70.4 Å². The first-order valence-electron chi connectivity index (χ1n) is 19.6. The minimum absolute atomic E-state index is 0.0232. The summed E-state index contributed by atoms with van der Waals surface area (Å²) in [6.07, 6.45) is -0.00235. The largest absolute Gasteiger partial charge is 0.464 e. The minimum atomic E-state index is -4.53. The molecule has 2 aromatic heterocycles. The number of hydrogen-bond donors (Lipinski definition) is 2. The number of benzene rings is 2. The Hall–Kier alpha value is -4.75. The molecule has 6 bridgehead atoms. The number of pyridine rings is 1. The number of cyclic esters (lactones) is 1. The van der Waals surface area contributed by atoms with Crippen molar-refractivity contribution in [1.29, 1.82) is 0 Å². The summed E-state index contributed by atoms with van der Waals surface area (Å²) in [5.41, 5.74) is 7.42. The van der Waals surface area contributed by atoms with Gasteiger partial charge in [-0.1, -0.05) is 58.0 Å². The number of carbonyl (C=O) groups is 3. The highest BCUT2D eigenvalue weighted by Crippen LogP contribution is 2.44. The van der Waals surface area contributed by atoms with E-state index in [4.69, 9.17) is 9.47 Å². The van der Waals surface area contributed by atoms with E-state index in [9.17, 15) is 27.6 Å². The van der Waals surface area contributed by atoms with E-state index < -0.39 is 36.2 Å². The number of hydrazine groups is 1. The Bertz CT molecular complexity index is 2100. The van der Waals surface area contributed by atoms with Crippen molar-refractivity contribution in [2.24, 2.45) is 11.3 Å². The standard InChI is InChI=1S/C43H50F3N5O5/c1-26(2)19-37(52)48-34-21-27-9-5-10-28(20-27)29-14-15-35-31(22-29)32(23-42(3,4)25-56-41(54)33-12-7-17-51(49-33)40(34)53)39(50(35)24-43(44,45)46)30-11-6-16-47-38(30)36-13-8-18-55-36/h5-6,9-11,14-16,20,22,26,33-34,36,49H,7-8,12-13,17-19,21,23-25H2,1-4H3,(H,48,52)/t33-,34-,36-/m0/s1. The van der Waals surface area contributed by atoms with Gasteiger partial charge in [-0.2, -0.15) is 13.2 Å². The van der Waals surface area contributed by atoms with Crippen LogP contribution in [0.15, 0.2) is 60.8 Å². The van der Waals surface area contributed by atoms with E-state index in [2.05, 4.69) is 15.7 Å². The molecule has 2 saturated heterocycles. The molecule has 7 rings (SSSR count). The molecule has 2 amide bonds. The number of carbonyl (C=O) groups excluding carboxylic acids is 3. The van der Waals surface area contributed by atoms with Gasteiger partial charge in [-0.3, -0.25) is 24.4 Å². The van der Waals surface area contributed by atoms with Gasteiger partial charge in [0.2, 0.25) is 5.91 Å². The van der Waals surface area contributed by atoms with Crippen LogP contribution in [0, 0.1) is 11.3 Å². The third kappa shape index (κ3) is 8.78. The molecule has 298 valence electrons. The van der Waals surface area contributed by atoms with Crippen molar-refractivity contribution in [1.82, 2.24) is 25.3 Å². The van der Waals surface area contributed by atoms with Crippen LogP contribution in [0.25, 0.3) is 33.3 Å². The second-order valence-electron chi connectivity index (χ2n) is 16.6. The molecule has 13 heteroatoms. The number of nitrogens with one attached hydrogen (secondary N) is 2. The van der Waals surface area contributed by atoms with Crippen LogP contribution in [0.3, 0.4) is 0 Å². The Kier molecular flexibility index (Phi) is 11.3. The molecule has 0 spiro atoms. The van der Waals surface area contributed by atoms with Crippen molar-refractivity contribution in [3.63, 3.8) is 0 Å². The van der Waals surface area contributed by atoms with E-state index >= 15 is 0 Å². The lowest BCUT2D eigenvalue weighted by atomic mass is 9.84. The van der Waals surface area contributed by atoms with Gasteiger partial charge in [-0.05, 0) is 84.5 Å². The molecular formula is C43H50F3N5O5. The lowest BCUT2D eigenvalue weighted by Crippen LogP contribution is -2.60. The average Bonchev–Trinajstić information content (AvgIpc) is 3.79. The summed E-state index contributed by atoms with van der Waals surface area (Å²) in [6.45, 7) is 7.39. The molecule has 0 saturated carbocycles. The van der Waals surface area contributed by atoms with E-state index in [-0.39, 0.29) is 49.7 Å². The van der Waals surface area contributed by atoms with Crippen LogP contribution >= 0.6 is 0 Å². The Morgan fingerprint density at radius 2 is 1.86 bits per heavy atom. The highest BCUT2D eigenvalue weighted by molar-refractivity contribution is 5.95. The van der Waals surface area contributed by atoms with Crippen LogP contribution in [0.5, 0.6) is 0 Å². The Labute approximate surface area is 325 Å². The summed E-state index contributed by atoms with van der Waals surface area (Å²) in [4.78, 5) is 45.5. The molecule has 2 fully saturated rings. The maximum Gasteiger partial charge on any atom is 0.406 e. The van der Waals surface area contributed by atoms with E-state index in [1.54, 1.807) is 18.3 Å². The summed E-state index contributed by atoms with van der Waals surface area (Å²) in [5, 5.41) is 5.01. The third-order valence-corrected chi connectivity index (χ3v) is 10.8. The zero-order chi connectivity index (χ0) is 39.8. The van der Waals surface area contributed by atoms with Crippen LogP contribution in [0.4, 0.5) is 13.2 Å². The first-order valence-corrected chi connectivity index (χ1v) is 19.6. The maximum atomic E-state index is 14.6.